The standard InChI is InChI=1S/C15H14FNO3S/c16-12-5-3-6-14(9-12)21(18,19)17-13-8-11-4-1-2-7-15(11)20-10-13/h1-7,9,13,17H,8,10H2/t13-/m0/s1. The van der Waals surface area contributed by atoms with Crippen molar-refractivity contribution >= 4 is 10.0 Å². The first-order chi connectivity index (χ1) is 10.0. The van der Waals surface area contributed by atoms with Gasteiger partial charge in [-0.2, -0.15) is 0 Å². The second-order valence-corrected chi connectivity index (χ2v) is 6.61. The molecule has 0 aliphatic carbocycles. The van der Waals surface area contributed by atoms with Crippen molar-refractivity contribution in [2.75, 3.05) is 6.61 Å². The Morgan fingerprint density at radius 1 is 1.14 bits per heavy atom. The van der Waals surface area contributed by atoms with Crippen LogP contribution in [0.15, 0.2) is 53.4 Å². The molecular weight excluding hydrogens is 293 g/mol. The molecule has 0 spiro atoms. The van der Waals surface area contributed by atoms with Gasteiger partial charge in [0.1, 0.15) is 18.2 Å². The number of ether oxygens (including phenoxy) is 1. The van der Waals surface area contributed by atoms with Gasteiger partial charge < -0.3 is 4.74 Å². The Kier molecular flexibility index (Phi) is 3.65. The first-order valence-electron chi connectivity index (χ1n) is 6.53. The van der Waals surface area contributed by atoms with Crippen LogP contribution >= 0.6 is 0 Å². The van der Waals surface area contributed by atoms with Crippen LogP contribution in [0.1, 0.15) is 5.56 Å². The number of halogens is 1. The zero-order valence-electron chi connectivity index (χ0n) is 11.1. The summed E-state index contributed by atoms with van der Waals surface area (Å²) in [4.78, 5) is -0.0821. The van der Waals surface area contributed by atoms with Gasteiger partial charge in [0.25, 0.3) is 0 Å². The van der Waals surface area contributed by atoms with Crippen LogP contribution in [0.5, 0.6) is 5.75 Å². The molecule has 3 rings (SSSR count). The molecule has 2 aromatic rings. The number of sulfonamides is 1. The molecule has 1 atom stereocenters. The minimum atomic E-state index is -3.75. The molecule has 1 aliphatic heterocycles. The van der Waals surface area contributed by atoms with Crippen molar-refractivity contribution in [2.24, 2.45) is 0 Å². The predicted octanol–water partition coefficient (Wildman–Crippen LogP) is 2.11. The maximum absolute atomic E-state index is 13.2. The van der Waals surface area contributed by atoms with Crippen molar-refractivity contribution in [1.82, 2.24) is 4.72 Å². The van der Waals surface area contributed by atoms with Gasteiger partial charge in [-0.3, -0.25) is 0 Å². The molecule has 0 saturated heterocycles. The zero-order valence-corrected chi connectivity index (χ0v) is 11.9. The number of fused-ring (bicyclic) bond motifs is 1. The Hall–Kier alpha value is -1.92. The fraction of sp³-hybridized carbons (Fsp3) is 0.200. The molecule has 0 aromatic heterocycles. The molecule has 0 amide bonds. The van der Waals surface area contributed by atoms with Gasteiger partial charge in [0.05, 0.1) is 10.9 Å². The highest BCUT2D eigenvalue weighted by Gasteiger charge is 2.25. The summed E-state index contributed by atoms with van der Waals surface area (Å²) in [6, 6.07) is 12.1. The topological polar surface area (TPSA) is 55.4 Å². The number of hydrogen-bond donors (Lipinski definition) is 1. The summed E-state index contributed by atoms with van der Waals surface area (Å²) in [5.74, 6) is 0.196. The summed E-state index contributed by atoms with van der Waals surface area (Å²) in [6.07, 6.45) is 0.546. The predicted molar refractivity (Wildman–Crippen MR) is 76.2 cm³/mol. The van der Waals surface area contributed by atoms with Crippen LogP contribution in [0.25, 0.3) is 0 Å². The van der Waals surface area contributed by atoms with Crippen LogP contribution in [-0.4, -0.2) is 21.1 Å². The van der Waals surface area contributed by atoms with Crippen molar-refractivity contribution in [3.8, 4) is 5.75 Å². The van der Waals surface area contributed by atoms with E-state index in [1.807, 2.05) is 24.3 Å². The van der Waals surface area contributed by atoms with Gasteiger partial charge in [-0.15, -0.1) is 0 Å². The average molecular weight is 307 g/mol. The molecule has 1 heterocycles. The highest BCUT2D eigenvalue weighted by atomic mass is 32.2. The minimum Gasteiger partial charge on any atom is -0.492 e. The van der Waals surface area contributed by atoms with Crippen LogP contribution in [0, 0.1) is 5.82 Å². The van der Waals surface area contributed by atoms with Crippen LogP contribution in [0.3, 0.4) is 0 Å². The molecule has 1 N–H and O–H groups in total. The molecule has 2 aromatic carbocycles. The molecule has 110 valence electrons. The number of nitrogens with one attached hydrogen (secondary N) is 1. The minimum absolute atomic E-state index is 0.0821. The molecule has 0 radical (unpaired) electrons. The lowest BCUT2D eigenvalue weighted by Gasteiger charge is -2.25. The van der Waals surface area contributed by atoms with Gasteiger partial charge in [0, 0.05) is 0 Å². The molecule has 4 nitrogen and oxygen atoms in total. The Balaban J connectivity index is 1.78. The number of hydrogen-bond acceptors (Lipinski definition) is 3. The summed E-state index contributed by atoms with van der Waals surface area (Å²) in [6.45, 7) is 0.256. The van der Waals surface area contributed by atoms with E-state index in [1.165, 1.54) is 18.2 Å². The van der Waals surface area contributed by atoms with E-state index in [4.69, 9.17) is 4.74 Å². The van der Waals surface area contributed by atoms with Crippen molar-refractivity contribution in [2.45, 2.75) is 17.4 Å². The number of rotatable bonds is 3. The fourth-order valence-electron chi connectivity index (χ4n) is 2.33. The maximum Gasteiger partial charge on any atom is 0.241 e. The Morgan fingerprint density at radius 3 is 2.76 bits per heavy atom. The van der Waals surface area contributed by atoms with Crippen molar-refractivity contribution in [3.63, 3.8) is 0 Å². The summed E-state index contributed by atoms with van der Waals surface area (Å²) in [5, 5.41) is 0. The molecule has 0 bridgehead atoms. The van der Waals surface area contributed by atoms with E-state index in [0.29, 0.717) is 6.42 Å². The van der Waals surface area contributed by atoms with Gasteiger partial charge in [-0.1, -0.05) is 24.3 Å². The molecule has 0 unspecified atom stereocenters. The number of para-hydroxylation sites is 1. The van der Waals surface area contributed by atoms with Crippen molar-refractivity contribution in [3.05, 3.63) is 59.9 Å². The highest BCUT2D eigenvalue weighted by Crippen LogP contribution is 2.24. The zero-order chi connectivity index (χ0) is 14.9. The van der Waals surface area contributed by atoms with Gasteiger partial charge in [-0.25, -0.2) is 17.5 Å². The van der Waals surface area contributed by atoms with Gasteiger partial charge in [0.2, 0.25) is 10.0 Å². The third kappa shape index (κ3) is 3.06. The van der Waals surface area contributed by atoms with E-state index >= 15 is 0 Å². The lowest BCUT2D eigenvalue weighted by molar-refractivity contribution is 0.254. The lowest BCUT2D eigenvalue weighted by atomic mass is 10.0. The number of benzene rings is 2. The summed E-state index contributed by atoms with van der Waals surface area (Å²) in [5.41, 5.74) is 0.954. The first-order valence-corrected chi connectivity index (χ1v) is 8.01. The average Bonchev–Trinajstić information content (AvgIpc) is 2.47. The Bertz CT molecular complexity index is 761. The van der Waals surface area contributed by atoms with E-state index in [-0.39, 0.29) is 17.5 Å². The van der Waals surface area contributed by atoms with Crippen LogP contribution < -0.4 is 9.46 Å². The molecule has 6 heteroatoms. The molecule has 1 aliphatic rings. The van der Waals surface area contributed by atoms with Gasteiger partial charge in [0.15, 0.2) is 0 Å². The van der Waals surface area contributed by atoms with E-state index in [0.717, 1.165) is 17.4 Å². The molecular formula is C15H14FNO3S. The Morgan fingerprint density at radius 2 is 1.95 bits per heavy atom. The normalized spacial score (nSPS) is 17.9. The van der Waals surface area contributed by atoms with Crippen molar-refractivity contribution in [1.29, 1.82) is 0 Å². The van der Waals surface area contributed by atoms with E-state index in [2.05, 4.69) is 4.72 Å². The lowest BCUT2D eigenvalue weighted by Crippen LogP contribution is -2.42. The van der Waals surface area contributed by atoms with Crippen molar-refractivity contribution < 1.29 is 17.5 Å². The first kappa shape index (κ1) is 14.0. The third-order valence-corrected chi connectivity index (χ3v) is 4.83. The molecule has 0 saturated carbocycles. The monoisotopic (exact) mass is 307 g/mol. The largest absolute Gasteiger partial charge is 0.492 e. The molecule has 21 heavy (non-hydrogen) atoms. The van der Waals surface area contributed by atoms with E-state index < -0.39 is 15.8 Å². The van der Waals surface area contributed by atoms with Gasteiger partial charge in [-0.05, 0) is 36.2 Å². The van der Waals surface area contributed by atoms with Gasteiger partial charge >= 0.3 is 0 Å². The van der Waals surface area contributed by atoms with Crippen LogP contribution in [-0.2, 0) is 16.4 Å². The third-order valence-electron chi connectivity index (χ3n) is 3.31. The Labute approximate surface area is 122 Å². The maximum atomic E-state index is 13.2. The highest BCUT2D eigenvalue weighted by molar-refractivity contribution is 7.89. The van der Waals surface area contributed by atoms with E-state index in [9.17, 15) is 12.8 Å². The summed E-state index contributed by atoms with van der Waals surface area (Å²) in [7, 11) is -3.75. The van der Waals surface area contributed by atoms with Crippen LogP contribution in [0.4, 0.5) is 4.39 Å². The quantitative estimate of drug-likeness (QED) is 0.945. The second kappa shape index (κ2) is 5.46. The second-order valence-electron chi connectivity index (χ2n) is 4.90. The fourth-order valence-corrected chi connectivity index (χ4v) is 3.58. The van der Waals surface area contributed by atoms with Crippen LogP contribution in [0.2, 0.25) is 0 Å². The SMILES string of the molecule is O=S(=O)(N[C@@H]1COc2ccccc2C1)c1cccc(F)c1. The summed E-state index contributed by atoms with van der Waals surface area (Å²) >= 11 is 0. The smallest absolute Gasteiger partial charge is 0.241 e. The summed E-state index contributed by atoms with van der Waals surface area (Å²) < 4.78 is 45.7. The molecule has 0 fully saturated rings. The van der Waals surface area contributed by atoms with E-state index in [1.54, 1.807) is 0 Å².